The fourth-order valence-electron chi connectivity index (χ4n) is 1.69. The van der Waals surface area contributed by atoms with Crippen LogP contribution in [0.1, 0.15) is 15.5 Å². The van der Waals surface area contributed by atoms with Crippen molar-refractivity contribution in [3.63, 3.8) is 0 Å². The number of aliphatic hydroxyl groups is 1. The number of Topliss-reactive ketones (excluding diaryl/α,β-unsaturated/α-hetero) is 1. The number of urea groups is 1. The second-order valence-corrected chi connectivity index (χ2v) is 7.01. The molecule has 0 fully saturated rings. The first-order chi connectivity index (χ1) is 11.8. The molecule has 3 N–H and O–H groups in total. The quantitative estimate of drug-likeness (QED) is 0.576. The maximum absolute atomic E-state index is 12.2. The zero-order valence-corrected chi connectivity index (χ0v) is 14.6. The van der Waals surface area contributed by atoms with Crippen molar-refractivity contribution >= 4 is 39.1 Å². The average Bonchev–Trinajstić information content (AvgIpc) is 3.03. The molecule has 0 saturated heterocycles. The van der Waals surface area contributed by atoms with Crippen molar-refractivity contribution in [2.75, 3.05) is 19.0 Å². The van der Waals surface area contributed by atoms with Crippen LogP contribution in [0.15, 0.2) is 16.3 Å². The van der Waals surface area contributed by atoms with Gasteiger partial charge in [-0.3, -0.25) is 10.1 Å². The summed E-state index contributed by atoms with van der Waals surface area (Å²) < 4.78 is 31.1. The Hall–Kier alpha value is -2.64. The summed E-state index contributed by atoms with van der Waals surface area (Å²) in [4.78, 5) is 34.3. The molecule has 0 aliphatic heterocycles. The number of anilines is 1. The fraction of sp³-hybridized carbons (Fsp3) is 0.250. The van der Waals surface area contributed by atoms with E-state index in [-0.39, 0.29) is 22.7 Å². The van der Waals surface area contributed by atoms with Crippen molar-refractivity contribution < 1.29 is 27.9 Å². The lowest BCUT2D eigenvalue weighted by atomic mass is 10.3. The van der Waals surface area contributed by atoms with Crippen molar-refractivity contribution in [3.8, 4) is 6.01 Å². The number of aromatic nitrogens is 3. The van der Waals surface area contributed by atoms with Crippen LogP contribution in [0.2, 0.25) is 0 Å². The van der Waals surface area contributed by atoms with Gasteiger partial charge in [-0.25, -0.2) is 17.9 Å². The number of amides is 2. The molecule has 0 aromatic carbocycles. The largest absolute Gasteiger partial charge is 0.467 e. The van der Waals surface area contributed by atoms with E-state index in [1.807, 2.05) is 0 Å². The van der Waals surface area contributed by atoms with Gasteiger partial charge in [0.25, 0.3) is 10.0 Å². The molecule has 0 bridgehead atoms. The molecule has 0 aliphatic carbocycles. The average molecular weight is 387 g/mol. The van der Waals surface area contributed by atoms with Crippen molar-refractivity contribution in [2.45, 2.75) is 11.8 Å². The molecular formula is C12H13N5O6S2. The maximum atomic E-state index is 12.2. The second kappa shape index (κ2) is 7.50. The Bertz CT molecular complexity index is 910. The van der Waals surface area contributed by atoms with Crippen molar-refractivity contribution in [2.24, 2.45) is 0 Å². The number of ether oxygens (including phenoxy) is 1. The molecule has 0 spiro atoms. The van der Waals surface area contributed by atoms with Gasteiger partial charge in [0.2, 0.25) is 5.95 Å². The lowest BCUT2D eigenvalue weighted by Crippen LogP contribution is -2.35. The van der Waals surface area contributed by atoms with Crippen LogP contribution in [0.4, 0.5) is 10.7 Å². The Labute approximate surface area is 146 Å². The van der Waals surface area contributed by atoms with Crippen LogP contribution in [0.25, 0.3) is 0 Å². The number of hydrogen-bond donors (Lipinski definition) is 3. The number of hydrogen-bond acceptors (Lipinski definition) is 10. The van der Waals surface area contributed by atoms with Gasteiger partial charge in [0.05, 0.1) is 12.0 Å². The van der Waals surface area contributed by atoms with Crippen LogP contribution >= 0.6 is 11.3 Å². The molecular weight excluding hydrogens is 374 g/mol. The second-order valence-electron chi connectivity index (χ2n) is 4.45. The van der Waals surface area contributed by atoms with Crippen molar-refractivity contribution in [3.05, 3.63) is 22.1 Å². The van der Waals surface area contributed by atoms with Gasteiger partial charge in [-0.1, -0.05) is 0 Å². The van der Waals surface area contributed by atoms with Crippen LogP contribution in [-0.2, 0) is 10.0 Å². The third-order valence-corrected chi connectivity index (χ3v) is 5.14. The normalized spacial score (nSPS) is 11.0. The van der Waals surface area contributed by atoms with Gasteiger partial charge in [-0.15, -0.1) is 11.3 Å². The molecule has 0 atom stereocenters. The van der Waals surface area contributed by atoms with Gasteiger partial charge in [0.15, 0.2) is 5.78 Å². The van der Waals surface area contributed by atoms with Crippen LogP contribution in [-0.4, -0.2) is 54.0 Å². The molecule has 2 amide bonds. The summed E-state index contributed by atoms with van der Waals surface area (Å²) >= 11 is 0.837. The summed E-state index contributed by atoms with van der Waals surface area (Å²) in [6.07, 6.45) is 0. The monoisotopic (exact) mass is 387 g/mol. The topological polar surface area (TPSA) is 160 Å². The first-order valence-corrected chi connectivity index (χ1v) is 8.95. The molecule has 0 radical (unpaired) electrons. The number of nitrogens with zero attached hydrogens (tertiary/aromatic N) is 3. The molecule has 13 heteroatoms. The van der Waals surface area contributed by atoms with E-state index in [4.69, 9.17) is 9.84 Å². The number of sulfonamides is 1. The predicted molar refractivity (Wildman–Crippen MR) is 86.2 cm³/mol. The van der Waals surface area contributed by atoms with Gasteiger partial charge in [-0.2, -0.15) is 15.0 Å². The molecule has 134 valence electrons. The summed E-state index contributed by atoms with van der Waals surface area (Å²) in [5, 5.41) is 12.4. The van der Waals surface area contributed by atoms with Crippen LogP contribution in [0, 0.1) is 6.92 Å². The minimum Gasteiger partial charge on any atom is -0.467 e. The van der Waals surface area contributed by atoms with Crippen molar-refractivity contribution in [1.29, 1.82) is 0 Å². The molecule has 2 rings (SSSR count). The van der Waals surface area contributed by atoms with E-state index in [0.717, 1.165) is 17.4 Å². The van der Waals surface area contributed by atoms with E-state index in [9.17, 15) is 18.0 Å². The fourth-order valence-corrected chi connectivity index (χ4v) is 3.98. The summed E-state index contributed by atoms with van der Waals surface area (Å²) in [6, 6.07) is -0.0418. The highest BCUT2D eigenvalue weighted by atomic mass is 32.2. The Kier molecular flexibility index (Phi) is 5.61. The molecule has 0 saturated carbocycles. The molecule has 0 aliphatic rings. The van der Waals surface area contributed by atoms with Gasteiger partial charge in [0, 0.05) is 0 Å². The molecule has 2 aromatic heterocycles. The number of carbonyl (C=O) groups is 2. The Morgan fingerprint density at radius 1 is 1.32 bits per heavy atom. The molecule has 25 heavy (non-hydrogen) atoms. The summed E-state index contributed by atoms with van der Waals surface area (Å²) in [7, 11) is -3.02. The molecule has 2 heterocycles. The van der Waals surface area contributed by atoms with Crippen molar-refractivity contribution in [1.82, 2.24) is 19.7 Å². The number of nitrogens with one attached hydrogen (secondary N) is 2. The van der Waals surface area contributed by atoms with E-state index in [1.165, 1.54) is 19.4 Å². The lowest BCUT2D eigenvalue weighted by molar-refractivity contribution is 0.0905. The maximum Gasteiger partial charge on any atom is 0.335 e. The van der Waals surface area contributed by atoms with Gasteiger partial charge in [0.1, 0.15) is 17.3 Å². The number of aliphatic hydroxyl groups excluding tert-OH is 1. The van der Waals surface area contributed by atoms with E-state index in [1.54, 1.807) is 4.72 Å². The lowest BCUT2D eigenvalue weighted by Gasteiger charge is -2.08. The zero-order chi connectivity index (χ0) is 18.6. The van der Waals surface area contributed by atoms with Gasteiger partial charge < -0.3 is 9.84 Å². The van der Waals surface area contributed by atoms with Crippen LogP contribution < -0.4 is 14.8 Å². The number of carbonyl (C=O) groups excluding carboxylic acids is 2. The molecule has 2 aromatic rings. The Morgan fingerprint density at radius 3 is 2.68 bits per heavy atom. The minimum absolute atomic E-state index is 0.0562. The van der Waals surface area contributed by atoms with Crippen LogP contribution in [0.3, 0.4) is 0 Å². The van der Waals surface area contributed by atoms with E-state index < -0.39 is 33.3 Å². The van der Waals surface area contributed by atoms with Gasteiger partial charge in [-0.05, 0) is 18.4 Å². The zero-order valence-electron chi connectivity index (χ0n) is 13.0. The summed E-state index contributed by atoms with van der Waals surface area (Å²) in [5.74, 6) is -0.735. The first kappa shape index (κ1) is 18.7. The van der Waals surface area contributed by atoms with Gasteiger partial charge >= 0.3 is 12.0 Å². The molecule has 0 unspecified atom stereocenters. The number of methoxy groups -OCH3 is 1. The Morgan fingerprint density at radius 2 is 2.04 bits per heavy atom. The number of thiophene rings is 1. The smallest absolute Gasteiger partial charge is 0.335 e. The number of ketones is 1. The Balaban J connectivity index is 2.19. The first-order valence-electron chi connectivity index (χ1n) is 6.59. The summed E-state index contributed by atoms with van der Waals surface area (Å²) in [5.41, 5.74) is 0. The van der Waals surface area contributed by atoms with E-state index in [2.05, 4.69) is 20.3 Å². The molecule has 11 nitrogen and oxygen atoms in total. The highest BCUT2D eigenvalue weighted by Gasteiger charge is 2.25. The third kappa shape index (κ3) is 4.46. The summed E-state index contributed by atoms with van der Waals surface area (Å²) in [6.45, 7) is 0.682. The van der Waals surface area contributed by atoms with E-state index >= 15 is 0 Å². The predicted octanol–water partition coefficient (Wildman–Crippen LogP) is -0.0645. The highest BCUT2D eigenvalue weighted by molar-refractivity contribution is 7.90. The highest BCUT2D eigenvalue weighted by Crippen LogP contribution is 2.22. The SMILES string of the molecule is COc1nc(C)nc(NC(=O)NS(=O)(=O)c2ccsc2C(=O)CO)n1. The standard InChI is InChI=1S/C12H13N5O6S2/c1-6-13-10(16-12(14-6)23-2)15-11(20)17-25(21,22)8-3-4-24-9(8)7(19)5-18/h3-4,18H,5H2,1-2H3,(H2,13,14,15,16,17,20). The third-order valence-electron chi connectivity index (χ3n) is 2.68. The van der Waals surface area contributed by atoms with E-state index in [0.29, 0.717) is 0 Å². The number of rotatable bonds is 6. The number of aryl methyl sites for hydroxylation is 1. The van der Waals surface area contributed by atoms with Crippen LogP contribution in [0.5, 0.6) is 6.01 Å². The minimum atomic E-state index is -4.33.